The molecule has 31 heavy (non-hydrogen) atoms. The SMILES string of the molecule is CC(Sc1nc2sc(-c3ccccc3)cc2c(=O)n1C)C(=O)Nc1cccc(C#N)c1. The summed E-state index contributed by atoms with van der Waals surface area (Å²) in [5.74, 6) is -0.231. The Bertz CT molecular complexity index is 1370. The maximum atomic E-state index is 12.9. The molecule has 2 aromatic carbocycles. The fraction of sp³-hybridized carbons (Fsp3) is 0.130. The molecule has 1 unspecified atom stereocenters. The van der Waals surface area contributed by atoms with Gasteiger partial charge in [0.15, 0.2) is 5.16 Å². The molecule has 0 saturated heterocycles. The number of anilines is 1. The Morgan fingerprint density at radius 3 is 2.71 bits per heavy atom. The average Bonchev–Trinajstić information content (AvgIpc) is 3.22. The normalized spacial score (nSPS) is 11.8. The van der Waals surface area contributed by atoms with Crippen LogP contribution in [0.2, 0.25) is 0 Å². The molecule has 0 spiro atoms. The number of thiophene rings is 1. The molecule has 4 rings (SSSR count). The second-order valence-electron chi connectivity index (χ2n) is 6.90. The lowest BCUT2D eigenvalue weighted by Crippen LogP contribution is -2.25. The number of fused-ring (bicyclic) bond motifs is 1. The topological polar surface area (TPSA) is 87.8 Å². The number of aromatic nitrogens is 2. The van der Waals surface area contributed by atoms with Crippen LogP contribution < -0.4 is 10.9 Å². The highest BCUT2D eigenvalue weighted by Crippen LogP contribution is 2.32. The number of thioether (sulfide) groups is 1. The number of carbonyl (C=O) groups is 1. The minimum Gasteiger partial charge on any atom is -0.325 e. The Morgan fingerprint density at radius 2 is 1.97 bits per heavy atom. The first-order valence-electron chi connectivity index (χ1n) is 9.50. The molecule has 2 aromatic heterocycles. The van der Waals surface area contributed by atoms with Crippen molar-refractivity contribution < 1.29 is 4.79 Å². The van der Waals surface area contributed by atoms with Gasteiger partial charge in [-0.1, -0.05) is 48.2 Å². The summed E-state index contributed by atoms with van der Waals surface area (Å²) in [6.45, 7) is 1.76. The van der Waals surface area contributed by atoms with Crippen molar-refractivity contribution in [3.05, 3.63) is 76.6 Å². The van der Waals surface area contributed by atoms with E-state index in [0.717, 1.165) is 10.4 Å². The van der Waals surface area contributed by atoms with E-state index < -0.39 is 5.25 Å². The first-order chi connectivity index (χ1) is 15.0. The third-order valence-electron chi connectivity index (χ3n) is 4.70. The van der Waals surface area contributed by atoms with Crippen molar-refractivity contribution in [1.29, 1.82) is 5.26 Å². The van der Waals surface area contributed by atoms with Gasteiger partial charge in [-0.15, -0.1) is 11.3 Å². The zero-order valence-electron chi connectivity index (χ0n) is 16.8. The van der Waals surface area contributed by atoms with Crippen LogP contribution in [0.5, 0.6) is 0 Å². The quantitative estimate of drug-likeness (QED) is 0.356. The molecule has 2 heterocycles. The number of nitrogens with one attached hydrogen (secondary N) is 1. The summed E-state index contributed by atoms with van der Waals surface area (Å²) in [4.78, 5) is 31.8. The van der Waals surface area contributed by atoms with E-state index in [1.165, 1.54) is 27.7 Å². The summed E-state index contributed by atoms with van der Waals surface area (Å²) in [5, 5.41) is 12.4. The van der Waals surface area contributed by atoms with Crippen LogP contribution in [0.1, 0.15) is 12.5 Å². The highest BCUT2D eigenvalue weighted by Gasteiger charge is 2.20. The van der Waals surface area contributed by atoms with E-state index in [0.29, 0.717) is 26.6 Å². The lowest BCUT2D eigenvalue weighted by atomic mass is 10.2. The van der Waals surface area contributed by atoms with Gasteiger partial charge in [0.2, 0.25) is 5.91 Å². The molecule has 8 heteroatoms. The van der Waals surface area contributed by atoms with Crippen molar-refractivity contribution in [3.8, 4) is 16.5 Å². The Balaban J connectivity index is 1.59. The van der Waals surface area contributed by atoms with E-state index in [4.69, 9.17) is 5.26 Å². The molecule has 1 atom stereocenters. The third kappa shape index (κ3) is 4.38. The Kier molecular flexibility index (Phi) is 5.89. The molecule has 0 saturated carbocycles. The van der Waals surface area contributed by atoms with E-state index in [1.54, 1.807) is 38.2 Å². The number of amides is 1. The van der Waals surface area contributed by atoms with Crippen LogP contribution in [0.15, 0.2) is 70.6 Å². The minimum absolute atomic E-state index is 0.139. The summed E-state index contributed by atoms with van der Waals surface area (Å²) in [5.41, 5.74) is 1.92. The largest absolute Gasteiger partial charge is 0.325 e. The molecule has 154 valence electrons. The van der Waals surface area contributed by atoms with E-state index >= 15 is 0 Å². The van der Waals surface area contributed by atoms with Crippen LogP contribution in [0.4, 0.5) is 5.69 Å². The van der Waals surface area contributed by atoms with Gasteiger partial charge in [0.25, 0.3) is 5.56 Å². The molecular weight excluding hydrogens is 428 g/mol. The number of benzene rings is 2. The minimum atomic E-state index is -0.491. The molecule has 1 N–H and O–H groups in total. The monoisotopic (exact) mass is 446 g/mol. The van der Waals surface area contributed by atoms with Crippen LogP contribution in [-0.2, 0) is 11.8 Å². The summed E-state index contributed by atoms with van der Waals surface area (Å²) in [6.07, 6.45) is 0. The molecule has 0 aliphatic rings. The second kappa shape index (κ2) is 8.76. The van der Waals surface area contributed by atoms with Gasteiger partial charge in [0, 0.05) is 17.6 Å². The van der Waals surface area contributed by atoms with Crippen LogP contribution in [0, 0.1) is 11.3 Å². The first kappa shape index (κ1) is 20.8. The second-order valence-corrected chi connectivity index (χ2v) is 9.23. The van der Waals surface area contributed by atoms with Crippen molar-refractivity contribution in [2.24, 2.45) is 7.05 Å². The van der Waals surface area contributed by atoms with Gasteiger partial charge in [-0.2, -0.15) is 5.26 Å². The summed E-state index contributed by atoms with van der Waals surface area (Å²) in [7, 11) is 1.66. The first-order valence-corrected chi connectivity index (χ1v) is 11.2. The molecule has 0 bridgehead atoms. The molecular formula is C23H18N4O2S2. The number of hydrogen-bond acceptors (Lipinski definition) is 6. The van der Waals surface area contributed by atoms with Crippen LogP contribution in [-0.4, -0.2) is 20.7 Å². The number of nitrogens with zero attached hydrogens (tertiary/aromatic N) is 3. The lowest BCUT2D eigenvalue weighted by Gasteiger charge is -2.13. The maximum Gasteiger partial charge on any atom is 0.262 e. The molecule has 0 aliphatic carbocycles. The Labute approximate surface area is 187 Å². The number of rotatable bonds is 5. The number of nitriles is 1. The molecule has 4 aromatic rings. The fourth-order valence-corrected chi connectivity index (χ4v) is 4.97. The summed E-state index contributed by atoms with van der Waals surface area (Å²) >= 11 is 2.68. The van der Waals surface area contributed by atoms with Gasteiger partial charge in [0.05, 0.1) is 22.3 Å². The van der Waals surface area contributed by atoms with Gasteiger partial charge in [0.1, 0.15) is 4.83 Å². The summed E-state index contributed by atoms with van der Waals surface area (Å²) < 4.78 is 1.48. The number of carbonyl (C=O) groups excluding carboxylic acids is 1. The highest BCUT2D eigenvalue weighted by molar-refractivity contribution is 8.00. The van der Waals surface area contributed by atoms with Gasteiger partial charge in [-0.25, -0.2) is 4.98 Å². The van der Waals surface area contributed by atoms with Crippen LogP contribution in [0.3, 0.4) is 0 Å². The van der Waals surface area contributed by atoms with Gasteiger partial charge in [-0.3, -0.25) is 14.2 Å². The molecule has 6 nitrogen and oxygen atoms in total. The van der Waals surface area contributed by atoms with Gasteiger partial charge in [-0.05, 0) is 36.8 Å². The maximum absolute atomic E-state index is 12.9. The predicted molar refractivity (Wildman–Crippen MR) is 125 cm³/mol. The van der Waals surface area contributed by atoms with Crippen molar-refractivity contribution in [2.75, 3.05) is 5.32 Å². The molecule has 0 radical (unpaired) electrons. The Morgan fingerprint density at radius 1 is 1.19 bits per heavy atom. The molecule has 0 fully saturated rings. The summed E-state index contributed by atoms with van der Waals surface area (Å²) in [6, 6.07) is 20.5. The van der Waals surface area contributed by atoms with Crippen molar-refractivity contribution in [1.82, 2.24) is 9.55 Å². The van der Waals surface area contributed by atoms with E-state index in [2.05, 4.69) is 16.4 Å². The standard InChI is InChI=1S/C23H18N4O2S2/c1-14(20(28)25-17-10-6-7-15(11-17)13-24)30-23-26-21-18(22(29)27(23)2)12-19(31-21)16-8-4-3-5-9-16/h3-12,14H,1-2H3,(H,25,28). The van der Waals surface area contributed by atoms with E-state index in [9.17, 15) is 9.59 Å². The van der Waals surface area contributed by atoms with E-state index in [-0.39, 0.29) is 11.5 Å². The van der Waals surface area contributed by atoms with Gasteiger partial charge < -0.3 is 5.32 Å². The Hall–Kier alpha value is -3.41. The lowest BCUT2D eigenvalue weighted by molar-refractivity contribution is -0.115. The van der Waals surface area contributed by atoms with Crippen LogP contribution >= 0.6 is 23.1 Å². The third-order valence-corrected chi connectivity index (χ3v) is 6.92. The van der Waals surface area contributed by atoms with E-state index in [1.807, 2.05) is 36.4 Å². The predicted octanol–water partition coefficient (Wildman–Crippen LogP) is 4.65. The molecule has 0 aliphatic heterocycles. The zero-order chi connectivity index (χ0) is 22.0. The van der Waals surface area contributed by atoms with Crippen molar-refractivity contribution >= 4 is 44.9 Å². The van der Waals surface area contributed by atoms with Gasteiger partial charge >= 0.3 is 0 Å². The zero-order valence-corrected chi connectivity index (χ0v) is 18.5. The molecule has 1 amide bonds. The van der Waals surface area contributed by atoms with Crippen LogP contribution in [0.25, 0.3) is 20.7 Å². The smallest absolute Gasteiger partial charge is 0.262 e. The van der Waals surface area contributed by atoms with Crippen molar-refractivity contribution in [3.63, 3.8) is 0 Å². The number of hydrogen-bond donors (Lipinski definition) is 1. The van der Waals surface area contributed by atoms with Crippen molar-refractivity contribution in [2.45, 2.75) is 17.3 Å². The average molecular weight is 447 g/mol. The fourth-order valence-electron chi connectivity index (χ4n) is 3.02. The highest BCUT2D eigenvalue weighted by atomic mass is 32.2.